The fourth-order valence-corrected chi connectivity index (χ4v) is 1.41. The zero-order chi connectivity index (χ0) is 13.0. The summed E-state index contributed by atoms with van der Waals surface area (Å²) in [7, 11) is 1.45. The highest BCUT2D eigenvalue weighted by Gasteiger charge is 2.08. The van der Waals surface area contributed by atoms with Crippen molar-refractivity contribution in [3.63, 3.8) is 0 Å². The second-order valence-corrected chi connectivity index (χ2v) is 3.66. The Hall–Kier alpha value is -2.21. The molecule has 0 saturated carbocycles. The Labute approximate surface area is 104 Å². The molecule has 0 aromatic carbocycles. The first-order valence-corrected chi connectivity index (χ1v) is 5.34. The minimum absolute atomic E-state index is 0.0804. The molecular formula is C12H13N3O3. The van der Waals surface area contributed by atoms with E-state index >= 15 is 0 Å². The van der Waals surface area contributed by atoms with Gasteiger partial charge in [-0.25, -0.2) is 14.8 Å². The van der Waals surface area contributed by atoms with Gasteiger partial charge in [-0.1, -0.05) is 0 Å². The zero-order valence-corrected chi connectivity index (χ0v) is 10.2. The molecule has 0 aliphatic heterocycles. The van der Waals surface area contributed by atoms with Gasteiger partial charge in [0.05, 0.1) is 23.9 Å². The standard InChI is InChI=1S/C12H13N3O3/c1-9-6-15(7-14-9)10-3-4-11(13-5-10)12(16)18-8-17-2/h3-7H,8H2,1-2H3. The Balaban J connectivity index is 2.12. The number of carbonyl (C=O) groups excluding carboxylic acids is 1. The van der Waals surface area contributed by atoms with Crippen LogP contribution >= 0.6 is 0 Å². The van der Waals surface area contributed by atoms with Gasteiger partial charge in [-0.3, -0.25) is 0 Å². The first-order chi connectivity index (χ1) is 8.70. The number of methoxy groups -OCH3 is 1. The Morgan fingerprint density at radius 3 is 2.78 bits per heavy atom. The second-order valence-electron chi connectivity index (χ2n) is 3.66. The van der Waals surface area contributed by atoms with Gasteiger partial charge < -0.3 is 14.0 Å². The Bertz CT molecular complexity index is 534. The molecule has 94 valence electrons. The summed E-state index contributed by atoms with van der Waals surface area (Å²) in [6, 6.07) is 3.38. The van der Waals surface area contributed by atoms with Crippen molar-refractivity contribution < 1.29 is 14.3 Å². The summed E-state index contributed by atoms with van der Waals surface area (Å²) in [6.45, 7) is 1.82. The predicted molar refractivity (Wildman–Crippen MR) is 63.4 cm³/mol. The SMILES string of the molecule is COCOC(=O)c1ccc(-n2cnc(C)c2)cn1. The number of nitrogens with zero attached hydrogens (tertiary/aromatic N) is 3. The van der Waals surface area contributed by atoms with Gasteiger partial charge in [0.25, 0.3) is 0 Å². The third-order valence-electron chi connectivity index (χ3n) is 2.27. The summed E-state index contributed by atoms with van der Waals surface area (Å²) in [5, 5.41) is 0. The van der Waals surface area contributed by atoms with Crippen LogP contribution < -0.4 is 0 Å². The van der Waals surface area contributed by atoms with Crippen LogP contribution in [0.3, 0.4) is 0 Å². The van der Waals surface area contributed by atoms with E-state index in [0.29, 0.717) is 0 Å². The van der Waals surface area contributed by atoms with Crippen LogP contribution in [0.15, 0.2) is 30.9 Å². The molecule has 0 radical (unpaired) electrons. The van der Waals surface area contributed by atoms with Gasteiger partial charge in [-0.15, -0.1) is 0 Å². The molecule has 6 nitrogen and oxygen atoms in total. The van der Waals surface area contributed by atoms with E-state index < -0.39 is 5.97 Å². The van der Waals surface area contributed by atoms with E-state index in [1.165, 1.54) is 7.11 Å². The third-order valence-corrected chi connectivity index (χ3v) is 2.27. The maximum atomic E-state index is 11.5. The molecule has 0 saturated heterocycles. The van der Waals surface area contributed by atoms with E-state index in [-0.39, 0.29) is 12.5 Å². The lowest BCUT2D eigenvalue weighted by Gasteiger charge is -2.04. The first-order valence-electron chi connectivity index (χ1n) is 5.34. The van der Waals surface area contributed by atoms with Crippen molar-refractivity contribution in [3.8, 4) is 5.69 Å². The number of rotatable bonds is 4. The van der Waals surface area contributed by atoms with Gasteiger partial charge in [0.1, 0.15) is 5.69 Å². The molecule has 0 bridgehead atoms. The third kappa shape index (κ3) is 2.72. The van der Waals surface area contributed by atoms with Gasteiger partial charge >= 0.3 is 5.97 Å². The molecule has 2 aromatic rings. The van der Waals surface area contributed by atoms with Crippen molar-refractivity contribution in [2.45, 2.75) is 6.92 Å². The van der Waals surface area contributed by atoms with Crippen LogP contribution in [-0.2, 0) is 9.47 Å². The number of hydrogen-bond acceptors (Lipinski definition) is 5. The number of hydrogen-bond donors (Lipinski definition) is 0. The Morgan fingerprint density at radius 1 is 1.39 bits per heavy atom. The van der Waals surface area contributed by atoms with Crippen LogP contribution in [0, 0.1) is 6.92 Å². The average molecular weight is 247 g/mol. The summed E-state index contributed by atoms with van der Waals surface area (Å²) in [5.74, 6) is -0.509. The van der Waals surface area contributed by atoms with Crippen molar-refractivity contribution >= 4 is 5.97 Å². The molecule has 0 amide bonds. The monoisotopic (exact) mass is 247 g/mol. The van der Waals surface area contributed by atoms with Crippen molar-refractivity contribution in [2.75, 3.05) is 13.9 Å². The quantitative estimate of drug-likeness (QED) is 0.602. The highest BCUT2D eigenvalue weighted by Crippen LogP contribution is 2.08. The normalized spacial score (nSPS) is 10.3. The minimum atomic E-state index is -0.509. The summed E-state index contributed by atoms with van der Waals surface area (Å²) < 4.78 is 11.3. The molecule has 0 aliphatic carbocycles. The van der Waals surface area contributed by atoms with Gasteiger partial charge in [-0.2, -0.15) is 0 Å². The molecule has 0 unspecified atom stereocenters. The number of esters is 1. The number of carbonyl (C=O) groups is 1. The smallest absolute Gasteiger partial charge is 0.359 e. The van der Waals surface area contributed by atoms with Crippen LogP contribution in [0.5, 0.6) is 0 Å². The lowest BCUT2D eigenvalue weighted by molar-refractivity contribution is -0.0130. The van der Waals surface area contributed by atoms with Crippen LogP contribution in [0.2, 0.25) is 0 Å². The number of pyridine rings is 1. The number of ether oxygens (including phenoxy) is 2. The van der Waals surface area contributed by atoms with E-state index in [4.69, 9.17) is 4.74 Å². The number of aryl methyl sites for hydroxylation is 1. The topological polar surface area (TPSA) is 66.2 Å². The van der Waals surface area contributed by atoms with Gasteiger partial charge in [-0.05, 0) is 19.1 Å². The molecule has 2 heterocycles. The van der Waals surface area contributed by atoms with Gasteiger partial charge in [0, 0.05) is 13.3 Å². The highest BCUT2D eigenvalue weighted by atomic mass is 16.7. The molecule has 0 fully saturated rings. The number of aromatic nitrogens is 3. The molecule has 0 N–H and O–H groups in total. The van der Waals surface area contributed by atoms with E-state index in [1.54, 1.807) is 24.7 Å². The van der Waals surface area contributed by atoms with E-state index in [1.807, 2.05) is 17.7 Å². The summed E-state index contributed by atoms with van der Waals surface area (Å²) in [5.41, 5.74) is 1.99. The fraction of sp³-hybridized carbons (Fsp3) is 0.250. The highest BCUT2D eigenvalue weighted by molar-refractivity contribution is 5.87. The molecule has 18 heavy (non-hydrogen) atoms. The molecule has 2 aromatic heterocycles. The fourth-order valence-electron chi connectivity index (χ4n) is 1.41. The lowest BCUT2D eigenvalue weighted by atomic mass is 10.3. The maximum Gasteiger partial charge on any atom is 0.359 e. The van der Waals surface area contributed by atoms with Crippen molar-refractivity contribution in [1.29, 1.82) is 0 Å². The van der Waals surface area contributed by atoms with Crippen LogP contribution in [0.1, 0.15) is 16.2 Å². The van der Waals surface area contributed by atoms with Crippen LogP contribution in [0.25, 0.3) is 5.69 Å². The maximum absolute atomic E-state index is 11.5. The van der Waals surface area contributed by atoms with Crippen molar-refractivity contribution in [2.24, 2.45) is 0 Å². The van der Waals surface area contributed by atoms with Crippen molar-refractivity contribution in [3.05, 3.63) is 42.2 Å². The van der Waals surface area contributed by atoms with Crippen LogP contribution in [0.4, 0.5) is 0 Å². The molecule has 6 heteroatoms. The Kier molecular flexibility index (Phi) is 3.69. The second kappa shape index (κ2) is 5.42. The van der Waals surface area contributed by atoms with Crippen LogP contribution in [-0.4, -0.2) is 34.4 Å². The number of imidazole rings is 1. The summed E-state index contributed by atoms with van der Waals surface area (Å²) in [4.78, 5) is 19.6. The van der Waals surface area contributed by atoms with E-state index in [2.05, 4.69) is 14.7 Å². The summed E-state index contributed by atoms with van der Waals surface area (Å²) >= 11 is 0. The first kappa shape index (κ1) is 12.3. The molecule has 0 spiro atoms. The lowest BCUT2D eigenvalue weighted by Crippen LogP contribution is -2.09. The average Bonchev–Trinajstić information content (AvgIpc) is 2.83. The molecule has 0 atom stereocenters. The molecule has 0 aliphatic rings. The largest absolute Gasteiger partial charge is 0.434 e. The predicted octanol–water partition coefficient (Wildman–Crippen LogP) is 1.34. The zero-order valence-electron chi connectivity index (χ0n) is 10.2. The molecule has 2 rings (SSSR count). The minimum Gasteiger partial charge on any atom is -0.434 e. The van der Waals surface area contributed by atoms with Gasteiger partial charge in [0.2, 0.25) is 0 Å². The van der Waals surface area contributed by atoms with E-state index in [0.717, 1.165) is 11.4 Å². The van der Waals surface area contributed by atoms with E-state index in [9.17, 15) is 4.79 Å². The van der Waals surface area contributed by atoms with Crippen molar-refractivity contribution in [1.82, 2.24) is 14.5 Å². The van der Waals surface area contributed by atoms with Gasteiger partial charge in [0.15, 0.2) is 6.79 Å². The Morgan fingerprint density at radius 2 is 2.22 bits per heavy atom. The molecular weight excluding hydrogens is 234 g/mol. The summed E-state index contributed by atoms with van der Waals surface area (Å²) in [6.07, 6.45) is 5.15.